The Hall–Kier alpha value is -2.31. The topological polar surface area (TPSA) is 107 Å². The van der Waals surface area contributed by atoms with Gasteiger partial charge < -0.3 is 15.8 Å². The number of nitro groups is 1. The highest BCUT2D eigenvalue weighted by Gasteiger charge is 2.20. The van der Waals surface area contributed by atoms with Gasteiger partial charge in [0.2, 0.25) is 5.91 Å². The number of hydrogen-bond acceptors (Lipinski definition) is 5. The van der Waals surface area contributed by atoms with E-state index < -0.39 is 10.8 Å². The minimum absolute atomic E-state index is 0.125. The molecule has 0 fully saturated rings. The third-order valence-corrected chi connectivity index (χ3v) is 1.85. The third kappa shape index (κ3) is 2.59. The molecule has 1 amide bonds. The van der Waals surface area contributed by atoms with Crippen LogP contribution in [0.15, 0.2) is 18.2 Å². The van der Waals surface area contributed by atoms with Crippen LogP contribution in [0.5, 0.6) is 5.75 Å². The second-order valence-corrected chi connectivity index (χ2v) is 2.93. The van der Waals surface area contributed by atoms with Crippen molar-refractivity contribution < 1.29 is 14.5 Å². The summed E-state index contributed by atoms with van der Waals surface area (Å²) < 4.78 is 4.86. The number of hydrogen-bond donors (Lipinski definition) is 2. The number of carbonyl (C=O) groups excluding carboxylic acids is 1. The van der Waals surface area contributed by atoms with Crippen molar-refractivity contribution in [2.24, 2.45) is 5.73 Å². The lowest BCUT2D eigenvalue weighted by molar-refractivity contribution is -0.384. The molecule has 0 saturated heterocycles. The van der Waals surface area contributed by atoms with E-state index in [4.69, 9.17) is 10.5 Å². The standard InChI is InChI=1S/C9H11N3O4/c1-16-7-4-2-3-6(9(7)12(14)15)11-5-8(10)13/h2-4,11H,5H2,1H3,(H2,10,13). The molecule has 0 spiro atoms. The van der Waals surface area contributed by atoms with Crippen molar-refractivity contribution in [3.63, 3.8) is 0 Å². The Morgan fingerprint density at radius 1 is 1.62 bits per heavy atom. The number of methoxy groups -OCH3 is 1. The molecule has 1 aromatic rings. The molecule has 0 aliphatic heterocycles. The molecule has 0 unspecified atom stereocenters. The van der Waals surface area contributed by atoms with Crippen LogP contribution in [0.4, 0.5) is 11.4 Å². The van der Waals surface area contributed by atoms with Crippen LogP contribution in [-0.2, 0) is 4.79 Å². The summed E-state index contributed by atoms with van der Waals surface area (Å²) in [6, 6.07) is 4.52. The number of amides is 1. The normalized spacial score (nSPS) is 9.56. The fraction of sp³-hybridized carbons (Fsp3) is 0.222. The summed E-state index contributed by atoms with van der Waals surface area (Å²) >= 11 is 0. The van der Waals surface area contributed by atoms with Crippen LogP contribution in [0.25, 0.3) is 0 Å². The molecule has 3 N–H and O–H groups in total. The molecule has 1 rings (SSSR count). The van der Waals surface area contributed by atoms with E-state index in [2.05, 4.69) is 5.32 Å². The molecule has 0 atom stereocenters. The number of primary amides is 1. The predicted octanol–water partition coefficient (Wildman–Crippen LogP) is 0.501. The minimum atomic E-state index is -0.600. The zero-order chi connectivity index (χ0) is 12.1. The summed E-state index contributed by atoms with van der Waals surface area (Å²) in [6.45, 7) is -0.173. The molecule has 0 aromatic heterocycles. The molecular formula is C9H11N3O4. The van der Waals surface area contributed by atoms with E-state index in [1.165, 1.54) is 19.2 Å². The number of nitrogens with two attached hydrogens (primary N) is 1. The zero-order valence-electron chi connectivity index (χ0n) is 8.60. The van der Waals surface area contributed by atoms with Gasteiger partial charge in [0.1, 0.15) is 5.69 Å². The summed E-state index contributed by atoms with van der Waals surface area (Å²) in [5.41, 5.74) is 4.92. The van der Waals surface area contributed by atoms with Gasteiger partial charge >= 0.3 is 5.69 Å². The quantitative estimate of drug-likeness (QED) is 0.560. The molecular weight excluding hydrogens is 214 g/mol. The smallest absolute Gasteiger partial charge is 0.333 e. The Balaban J connectivity index is 3.07. The lowest BCUT2D eigenvalue weighted by atomic mass is 10.2. The SMILES string of the molecule is COc1cccc(NCC(N)=O)c1[N+](=O)[O-]. The van der Waals surface area contributed by atoms with Gasteiger partial charge in [-0.15, -0.1) is 0 Å². The third-order valence-electron chi connectivity index (χ3n) is 1.85. The zero-order valence-corrected chi connectivity index (χ0v) is 8.60. The summed E-state index contributed by atoms with van der Waals surface area (Å²) in [4.78, 5) is 20.8. The molecule has 86 valence electrons. The first-order valence-corrected chi connectivity index (χ1v) is 4.40. The van der Waals surface area contributed by atoms with Crippen LogP contribution in [-0.4, -0.2) is 24.5 Å². The molecule has 7 nitrogen and oxygen atoms in total. The first-order chi connectivity index (χ1) is 7.56. The first-order valence-electron chi connectivity index (χ1n) is 4.40. The molecule has 1 aromatic carbocycles. The Labute approximate surface area is 91.3 Å². The number of rotatable bonds is 5. The summed E-state index contributed by atoms with van der Waals surface area (Å²) in [7, 11) is 1.33. The molecule has 0 aliphatic carbocycles. The van der Waals surface area contributed by atoms with Gasteiger partial charge in [0.15, 0.2) is 5.75 Å². The van der Waals surface area contributed by atoms with E-state index >= 15 is 0 Å². The molecule has 0 heterocycles. The van der Waals surface area contributed by atoms with E-state index in [1.807, 2.05) is 0 Å². The Morgan fingerprint density at radius 3 is 2.81 bits per heavy atom. The molecule has 7 heteroatoms. The highest BCUT2D eigenvalue weighted by Crippen LogP contribution is 2.34. The summed E-state index contributed by atoms with van der Waals surface area (Å²) in [5.74, 6) is -0.475. The summed E-state index contributed by atoms with van der Waals surface area (Å²) in [6.07, 6.45) is 0. The lowest BCUT2D eigenvalue weighted by Gasteiger charge is -2.07. The van der Waals surface area contributed by atoms with Crippen molar-refractivity contribution in [3.05, 3.63) is 28.3 Å². The van der Waals surface area contributed by atoms with Gasteiger partial charge in [-0.3, -0.25) is 14.9 Å². The molecule has 0 saturated carbocycles. The van der Waals surface area contributed by atoms with Crippen LogP contribution >= 0.6 is 0 Å². The largest absolute Gasteiger partial charge is 0.490 e. The van der Waals surface area contributed by atoms with E-state index in [9.17, 15) is 14.9 Å². The molecule has 0 aliphatic rings. The van der Waals surface area contributed by atoms with Gasteiger partial charge in [-0.25, -0.2) is 0 Å². The Kier molecular flexibility index (Phi) is 3.65. The van der Waals surface area contributed by atoms with Gasteiger partial charge in [-0.05, 0) is 12.1 Å². The van der Waals surface area contributed by atoms with Crippen molar-refractivity contribution in [2.45, 2.75) is 0 Å². The second kappa shape index (κ2) is 4.96. The average Bonchev–Trinajstić information content (AvgIpc) is 2.25. The van der Waals surface area contributed by atoms with Gasteiger partial charge in [-0.1, -0.05) is 6.07 Å². The van der Waals surface area contributed by atoms with Gasteiger partial charge in [0, 0.05) is 0 Å². The number of benzene rings is 1. The van der Waals surface area contributed by atoms with Gasteiger partial charge in [0.05, 0.1) is 18.6 Å². The van der Waals surface area contributed by atoms with Crippen LogP contribution in [0, 0.1) is 10.1 Å². The molecule has 16 heavy (non-hydrogen) atoms. The Bertz CT molecular complexity index is 419. The number of carbonyl (C=O) groups is 1. The lowest BCUT2D eigenvalue weighted by Crippen LogP contribution is -2.22. The highest BCUT2D eigenvalue weighted by atomic mass is 16.6. The van der Waals surface area contributed by atoms with E-state index in [0.717, 1.165) is 0 Å². The van der Waals surface area contributed by atoms with Crippen LogP contribution < -0.4 is 15.8 Å². The number of nitrogens with zero attached hydrogens (tertiary/aromatic N) is 1. The van der Waals surface area contributed by atoms with Crippen molar-refractivity contribution in [3.8, 4) is 5.75 Å². The maximum atomic E-state index is 10.8. The maximum Gasteiger partial charge on any atom is 0.333 e. The number of ether oxygens (including phenoxy) is 1. The van der Waals surface area contributed by atoms with Crippen molar-refractivity contribution in [2.75, 3.05) is 19.0 Å². The Morgan fingerprint density at radius 2 is 2.31 bits per heavy atom. The highest BCUT2D eigenvalue weighted by molar-refractivity contribution is 5.80. The van der Waals surface area contributed by atoms with Crippen LogP contribution in [0.2, 0.25) is 0 Å². The van der Waals surface area contributed by atoms with Gasteiger partial charge in [0.25, 0.3) is 0 Å². The van der Waals surface area contributed by atoms with Crippen LogP contribution in [0.1, 0.15) is 0 Å². The maximum absolute atomic E-state index is 10.8. The first kappa shape index (κ1) is 11.8. The number of anilines is 1. The number of nitrogens with one attached hydrogen (secondary N) is 1. The second-order valence-electron chi connectivity index (χ2n) is 2.93. The predicted molar refractivity (Wildman–Crippen MR) is 57.3 cm³/mol. The fourth-order valence-corrected chi connectivity index (χ4v) is 1.20. The van der Waals surface area contributed by atoms with E-state index in [-0.39, 0.29) is 23.7 Å². The average molecular weight is 225 g/mol. The van der Waals surface area contributed by atoms with Crippen molar-refractivity contribution >= 4 is 17.3 Å². The van der Waals surface area contributed by atoms with E-state index in [1.54, 1.807) is 6.07 Å². The number of nitro benzene ring substituents is 1. The summed E-state index contributed by atoms with van der Waals surface area (Å²) in [5, 5.41) is 13.4. The van der Waals surface area contributed by atoms with Crippen LogP contribution in [0.3, 0.4) is 0 Å². The van der Waals surface area contributed by atoms with E-state index in [0.29, 0.717) is 0 Å². The minimum Gasteiger partial charge on any atom is -0.490 e. The fourth-order valence-electron chi connectivity index (χ4n) is 1.20. The molecule has 0 bridgehead atoms. The van der Waals surface area contributed by atoms with Crippen molar-refractivity contribution in [1.29, 1.82) is 0 Å². The van der Waals surface area contributed by atoms with Gasteiger partial charge in [-0.2, -0.15) is 0 Å². The monoisotopic (exact) mass is 225 g/mol. The van der Waals surface area contributed by atoms with Crippen molar-refractivity contribution in [1.82, 2.24) is 0 Å². The number of para-hydroxylation sites is 1. The molecule has 0 radical (unpaired) electrons.